The van der Waals surface area contributed by atoms with E-state index in [0.29, 0.717) is 32.1 Å². The Balaban J connectivity index is 0.00000261. The number of alkyl halides is 1. The Morgan fingerprint density at radius 2 is 2.19 bits per heavy atom. The van der Waals surface area contributed by atoms with Gasteiger partial charge < -0.3 is 19.9 Å². The lowest BCUT2D eigenvalue weighted by Crippen LogP contribution is -2.41. The molecule has 1 atom stereocenters. The lowest BCUT2D eigenvalue weighted by atomic mass is 10.0. The van der Waals surface area contributed by atoms with E-state index in [1.165, 1.54) is 0 Å². The van der Waals surface area contributed by atoms with Gasteiger partial charge in [-0.05, 0) is 19.4 Å². The van der Waals surface area contributed by atoms with Crippen LogP contribution in [0.1, 0.15) is 36.1 Å². The molecule has 1 aromatic carbocycles. The molecule has 0 bridgehead atoms. The van der Waals surface area contributed by atoms with E-state index >= 15 is 0 Å². The van der Waals surface area contributed by atoms with Gasteiger partial charge in [-0.2, -0.15) is 0 Å². The molecule has 1 aromatic heterocycles. The van der Waals surface area contributed by atoms with Crippen LogP contribution in [-0.2, 0) is 13.6 Å². The van der Waals surface area contributed by atoms with Gasteiger partial charge >= 0.3 is 0 Å². The topological polar surface area (TPSA) is 76.4 Å². The highest BCUT2D eigenvalue weighted by atomic mass is 127. The Labute approximate surface area is 175 Å². The minimum Gasteiger partial charge on any atom is -0.493 e. The fourth-order valence-corrected chi connectivity index (χ4v) is 2.82. The second-order valence-electron chi connectivity index (χ2n) is 6.23. The normalized spacial score (nSPS) is 16.1. The van der Waals surface area contributed by atoms with Crippen LogP contribution < -0.4 is 15.4 Å². The van der Waals surface area contributed by atoms with Crippen LogP contribution in [0.5, 0.6) is 5.75 Å². The summed E-state index contributed by atoms with van der Waals surface area (Å²) in [5, 5.41) is 14.8. The van der Waals surface area contributed by atoms with Crippen molar-refractivity contribution in [2.75, 3.05) is 19.8 Å². The predicted octanol–water partition coefficient (Wildman–Crippen LogP) is 2.66. The number of fused-ring (bicyclic) bond motifs is 1. The first kappa shape index (κ1) is 21.4. The van der Waals surface area contributed by atoms with Gasteiger partial charge in [0.15, 0.2) is 11.8 Å². The largest absolute Gasteiger partial charge is 0.493 e. The molecule has 2 aromatic rings. The van der Waals surface area contributed by atoms with Gasteiger partial charge in [-0.1, -0.05) is 18.2 Å². The van der Waals surface area contributed by atoms with Crippen LogP contribution in [0.2, 0.25) is 0 Å². The standard InChI is InChI=1S/C18H25FN6O.HI/c1-13-23-24-17(25(13)2)12-21-18(20-10-5-9-19)22-15-8-11-26-16-7-4-3-6-14(15)16;/h3-4,6-7,15H,5,8-12H2,1-2H3,(H2,20,21,22);1H. The fraction of sp³-hybridized carbons (Fsp3) is 0.500. The van der Waals surface area contributed by atoms with Crippen molar-refractivity contribution in [3.8, 4) is 5.75 Å². The van der Waals surface area contributed by atoms with E-state index in [0.717, 1.165) is 29.4 Å². The Morgan fingerprint density at radius 1 is 1.37 bits per heavy atom. The quantitative estimate of drug-likeness (QED) is 0.283. The van der Waals surface area contributed by atoms with E-state index in [9.17, 15) is 4.39 Å². The van der Waals surface area contributed by atoms with Gasteiger partial charge in [0.1, 0.15) is 18.1 Å². The Hall–Kier alpha value is -1.91. The molecule has 27 heavy (non-hydrogen) atoms. The first-order valence-corrected chi connectivity index (χ1v) is 8.86. The van der Waals surface area contributed by atoms with Crippen molar-refractivity contribution in [1.29, 1.82) is 0 Å². The maximum absolute atomic E-state index is 12.5. The number of rotatable bonds is 6. The van der Waals surface area contributed by atoms with Crippen LogP contribution in [0, 0.1) is 6.92 Å². The van der Waals surface area contributed by atoms with Crippen molar-refractivity contribution < 1.29 is 9.13 Å². The number of hydrogen-bond acceptors (Lipinski definition) is 4. The third kappa shape index (κ3) is 5.53. The maximum Gasteiger partial charge on any atom is 0.192 e. The average molecular weight is 488 g/mol. The summed E-state index contributed by atoms with van der Waals surface area (Å²) in [5.74, 6) is 3.15. The van der Waals surface area contributed by atoms with E-state index in [1.54, 1.807) is 0 Å². The molecular formula is C18H26FIN6O. The smallest absolute Gasteiger partial charge is 0.192 e. The summed E-state index contributed by atoms with van der Waals surface area (Å²) < 4.78 is 20.1. The van der Waals surface area contributed by atoms with Gasteiger partial charge in [0.2, 0.25) is 0 Å². The molecule has 7 nitrogen and oxygen atoms in total. The zero-order valence-electron chi connectivity index (χ0n) is 15.6. The van der Waals surface area contributed by atoms with Crippen molar-refractivity contribution in [1.82, 2.24) is 25.4 Å². The molecule has 0 spiro atoms. The van der Waals surface area contributed by atoms with Crippen LogP contribution in [0.25, 0.3) is 0 Å². The number of ether oxygens (including phenoxy) is 1. The average Bonchev–Trinajstić information content (AvgIpc) is 2.98. The second kappa shape index (κ2) is 10.4. The van der Waals surface area contributed by atoms with Crippen LogP contribution in [0.4, 0.5) is 4.39 Å². The summed E-state index contributed by atoms with van der Waals surface area (Å²) in [4.78, 5) is 4.61. The van der Waals surface area contributed by atoms with Crippen LogP contribution in [0.15, 0.2) is 29.3 Å². The van der Waals surface area contributed by atoms with Crippen molar-refractivity contribution in [2.45, 2.75) is 32.4 Å². The fourth-order valence-electron chi connectivity index (χ4n) is 2.82. The molecule has 3 rings (SSSR count). The number of halogens is 2. The molecule has 0 fully saturated rings. The van der Waals surface area contributed by atoms with Crippen LogP contribution >= 0.6 is 24.0 Å². The van der Waals surface area contributed by atoms with Crippen LogP contribution in [0.3, 0.4) is 0 Å². The number of nitrogens with zero attached hydrogens (tertiary/aromatic N) is 4. The molecule has 0 saturated heterocycles. The minimum atomic E-state index is -0.358. The highest BCUT2D eigenvalue weighted by Gasteiger charge is 2.22. The first-order valence-electron chi connectivity index (χ1n) is 8.86. The zero-order valence-corrected chi connectivity index (χ0v) is 17.9. The lowest BCUT2D eigenvalue weighted by molar-refractivity contribution is 0.261. The van der Waals surface area contributed by atoms with Gasteiger partial charge in [0.25, 0.3) is 0 Å². The summed E-state index contributed by atoms with van der Waals surface area (Å²) in [6.07, 6.45) is 1.28. The highest BCUT2D eigenvalue weighted by Crippen LogP contribution is 2.31. The molecular weight excluding hydrogens is 462 g/mol. The molecule has 9 heteroatoms. The summed E-state index contributed by atoms with van der Waals surface area (Å²) >= 11 is 0. The number of aromatic nitrogens is 3. The number of aryl methyl sites for hydroxylation is 1. The molecule has 0 radical (unpaired) electrons. The van der Waals surface area contributed by atoms with Crippen molar-refractivity contribution in [3.05, 3.63) is 41.5 Å². The molecule has 0 amide bonds. The van der Waals surface area contributed by atoms with E-state index in [-0.39, 0.29) is 36.7 Å². The van der Waals surface area contributed by atoms with Crippen molar-refractivity contribution in [2.24, 2.45) is 12.0 Å². The Bertz CT molecular complexity index is 766. The van der Waals surface area contributed by atoms with Crippen molar-refractivity contribution in [3.63, 3.8) is 0 Å². The van der Waals surface area contributed by atoms with Gasteiger partial charge in [0, 0.05) is 25.6 Å². The maximum atomic E-state index is 12.5. The molecule has 148 valence electrons. The van der Waals surface area contributed by atoms with E-state index in [2.05, 4.69) is 31.9 Å². The molecule has 1 aliphatic heterocycles. The third-order valence-corrected chi connectivity index (χ3v) is 4.43. The number of aliphatic imine (C=N–C) groups is 1. The second-order valence-corrected chi connectivity index (χ2v) is 6.23. The number of guanidine groups is 1. The minimum absolute atomic E-state index is 0. The Kier molecular flexibility index (Phi) is 8.26. The SMILES string of the molecule is Cc1nnc(CN=C(NCCCF)NC2CCOc3ccccc32)n1C.I. The summed E-state index contributed by atoms with van der Waals surface area (Å²) in [6.45, 7) is 3.10. The highest BCUT2D eigenvalue weighted by molar-refractivity contribution is 14.0. The van der Waals surface area contributed by atoms with E-state index in [4.69, 9.17) is 4.74 Å². The summed E-state index contributed by atoms with van der Waals surface area (Å²) in [5.41, 5.74) is 1.10. The Morgan fingerprint density at radius 3 is 2.93 bits per heavy atom. The molecule has 0 saturated carbocycles. The van der Waals surface area contributed by atoms with Gasteiger partial charge in [0.05, 0.1) is 19.3 Å². The monoisotopic (exact) mass is 488 g/mol. The predicted molar refractivity (Wildman–Crippen MR) is 113 cm³/mol. The number of para-hydroxylation sites is 1. The van der Waals surface area contributed by atoms with Gasteiger partial charge in [-0.3, -0.25) is 4.39 Å². The lowest BCUT2D eigenvalue weighted by Gasteiger charge is -2.28. The molecule has 1 unspecified atom stereocenters. The molecule has 2 heterocycles. The van der Waals surface area contributed by atoms with Crippen LogP contribution in [-0.4, -0.2) is 40.6 Å². The third-order valence-electron chi connectivity index (χ3n) is 4.43. The first-order chi connectivity index (χ1) is 12.7. The molecule has 0 aliphatic carbocycles. The number of hydrogen-bond donors (Lipinski definition) is 2. The van der Waals surface area contributed by atoms with E-state index in [1.807, 2.05) is 36.7 Å². The zero-order chi connectivity index (χ0) is 18.4. The van der Waals surface area contributed by atoms with E-state index < -0.39 is 0 Å². The van der Waals surface area contributed by atoms with Gasteiger partial charge in [-0.25, -0.2) is 4.99 Å². The number of nitrogens with one attached hydrogen (secondary N) is 2. The number of benzene rings is 1. The summed E-state index contributed by atoms with van der Waals surface area (Å²) in [7, 11) is 1.92. The van der Waals surface area contributed by atoms with Gasteiger partial charge in [-0.15, -0.1) is 34.2 Å². The molecule has 2 N–H and O–H groups in total. The van der Waals surface area contributed by atoms with Crippen molar-refractivity contribution >= 4 is 29.9 Å². The summed E-state index contributed by atoms with van der Waals surface area (Å²) in [6, 6.07) is 8.08. The molecule has 1 aliphatic rings.